The predicted molar refractivity (Wildman–Crippen MR) is 75.9 cm³/mol. The molecule has 1 atom stereocenters. The minimum Gasteiger partial charge on any atom is -0.466 e. The Balaban J connectivity index is 2.80. The molecular formula is C14H21NO2S. The second-order valence-corrected chi connectivity index (χ2v) is 5.14. The van der Waals surface area contributed by atoms with Gasteiger partial charge < -0.3 is 9.64 Å². The fourth-order valence-electron chi connectivity index (χ4n) is 1.80. The van der Waals surface area contributed by atoms with E-state index in [1.54, 1.807) is 11.8 Å². The molecule has 0 fully saturated rings. The summed E-state index contributed by atoms with van der Waals surface area (Å²) in [5.41, 5.74) is 1.14. The zero-order chi connectivity index (χ0) is 13.5. The molecule has 1 rings (SSSR count). The van der Waals surface area contributed by atoms with Crippen LogP contribution in [0.5, 0.6) is 0 Å². The first kappa shape index (κ1) is 15.1. The number of nitrogens with zero attached hydrogens (tertiary/aromatic N) is 1. The Morgan fingerprint density at radius 3 is 2.39 bits per heavy atom. The van der Waals surface area contributed by atoms with Crippen molar-refractivity contribution in [1.29, 1.82) is 0 Å². The number of carbonyl (C=O) groups excluding carboxylic acids is 1. The molecule has 0 N–H and O–H groups in total. The van der Waals surface area contributed by atoms with Crippen LogP contribution < -0.4 is 0 Å². The highest BCUT2D eigenvalue weighted by atomic mass is 32.2. The lowest BCUT2D eigenvalue weighted by atomic mass is 10.0. The van der Waals surface area contributed by atoms with Crippen LogP contribution in [-0.4, -0.2) is 37.8 Å². The van der Waals surface area contributed by atoms with Gasteiger partial charge in [-0.1, -0.05) is 12.1 Å². The molecule has 1 aromatic carbocycles. The number of hydrogen-bond donors (Lipinski definition) is 0. The topological polar surface area (TPSA) is 29.5 Å². The first-order valence-corrected chi connectivity index (χ1v) is 7.27. The Bertz CT molecular complexity index is 376. The largest absolute Gasteiger partial charge is 0.466 e. The highest BCUT2D eigenvalue weighted by molar-refractivity contribution is 7.98. The number of ether oxygens (including phenoxy) is 1. The van der Waals surface area contributed by atoms with Gasteiger partial charge in [-0.3, -0.25) is 4.79 Å². The molecule has 1 aromatic rings. The average molecular weight is 267 g/mol. The van der Waals surface area contributed by atoms with E-state index >= 15 is 0 Å². The number of esters is 1. The Labute approximate surface area is 114 Å². The smallest absolute Gasteiger partial charge is 0.307 e. The maximum absolute atomic E-state index is 11.6. The van der Waals surface area contributed by atoms with Crippen LogP contribution in [-0.2, 0) is 9.53 Å². The lowest BCUT2D eigenvalue weighted by Gasteiger charge is -2.24. The summed E-state index contributed by atoms with van der Waals surface area (Å²) in [4.78, 5) is 14.9. The molecule has 0 saturated carbocycles. The van der Waals surface area contributed by atoms with Gasteiger partial charge in [-0.25, -0.2) is 0 Å². The number of hydrogen-bond acceptors (Lipinski definition) is 4. The Kier molecular flexibility index (Phi) is 6.22. The molecule has 0 bridgehead atoms. The van der Waals surface area contributed by atoms with Crippen LogP contribution in [0.1, 0.15) is 24.9 Å². The van der Waals surface area contributed by atoms with Crippen molar-refractivity contribution in [1.82, 2.24) is 4.90 Å². The van der Waals surface area contributed by atoms with Gasteiger partial charge in [0, 0.05) is 10.9 Å². The third-order valence-electron chi connectivity index (χ3n) is 2.79. The second kappa shape index (κ2) is 7.44. The van der Waals surface area contributed by atoms with Crippen LogP contribution >= 0.6 is 11.8 Å². The molecule has 3 nitrogen and oxygen atoms in total. The van der Waals surface area contributed by atoms with Gasteiger partial charge in [0.1, 0.15) is 0 Å². The van der Waals surface area contributed by atoms with Crippen molar-refractivity contribution in [3.8, 4) is 0 Å². The molecule has 0 aliphatic heterocycles. The third-order valence-corrected chi connectivity index (χ3v) is 3.53. The molecule has 18 heavy (non-hydrogen) atoms. The fourth-order valence-corrected chi connectivity index (χ4v) is 2.21. The third kappa shape index (κ3) is 4.35. The zero-order valence-electron chi connectivity index (χ0n) is 11.5. The molecule has 0 radical (unpaired) electrons. The summed E-state index contributed by atoms with van der Waals surface area (Å²) in [6.45, 7) is 2.26. The molecule has 4 heteroatoms. The number of rotatable bonds is 6. The summed E-state index contributed by atoms with van der Waals surface area (Å²) in [5.74, 6) is -0.148. The monoisotopic (exact) mass is 267 g/mol. The fraction of sp³-hybridized carbons (Fsp3) is 0.500. The second-order valence-electron chi connectivity index (χ2n) is 4.26. The molecule has 1 unspecified atom stereocenters. The summed E-state index contributed by atoms with van der Waals surface area (Å²) in [5, 5.41) is 0. The van der Waals surface area contributed by atoms with Gasteiger partial charge in [-0.05, 0) is 45.0 Å². The van der Waals surface area contributed by atoms with Crippen LogP contribution in [0.2, 0.25) is 0 Å². The van der Waals surface area contributed by atoms with E-state index < -0.39 is 0 Å². The van der Waals surface area contributed by atoms with E-state index in [4.69, 9.17) is 4.74 Å². The van der Waals surface area contributed by atoms with Gasteiger partial charge in [0.15, 0.2) is 0 Å². The summed E-state index contributed by atoms with van der Waals surface area (Å²) < 4.78 is 5.02. The van der Waals surface area contributed by atoms with Crippen LogP contribution in [0, 0.1) is 0 Å². The Morgan fingerprint density at radius 2 is 1.94 bits per heavy atom. The lowest BCUT2D eigenvalue weighted by Crippen LogP contribution is -2.23. The van der Waals surface area contributed by atoms with E-state index in [-0.39, 0.29) is 12.0 Å². The average Bonchev–Trinajstić information content (AvgIpc) is 2.36. The van der Waals surface area contributed by atoms with E-state index in [1.165, 1.54) is 4.90 Å². The maximum atomic E-state index is 11.6. The standard InChI is InChI=1S/C14H21NO2S/c1-5-17-14(16)10-13(15(2)3)11-6-8-12(18-4)9-7-11/h6-9,13H,5,10H2,1-4H3. The molecule has 0 saturated heterocycles. The Morgan fingerprint density at radius 1 is 1.33 bits per heavy atom. The highest BCUT2D eigenvalue weighted by Gasteiger charge is 2.18. The molecule has 0 amide bonds. The van der Waals surface area contributed by atoms with E-state index in [0.717, 1.165) is 5.56 Å². The first-order valence-electron chi connectivity index (χ1n) is 6.04. The van der Waals surface area contributed by atoms with Crippen molar-refractivity contribution in [3.05, 3.63) is 29.8 Å². The normalized spacial score (nSPS) is 12.5. The van der Waals surface area contributed by atoms with Crippen molar-refractivity contribution in [2.24, 2.45) is 0 Å². The minimum absolute atomic E-state index is 0.0694. The van der Waals surface area contributed by atoms with E-state index in [0.29, 0.717) is 13.0 Å². The molecule has 0 aromatic heterocycles. The van der Waals surface area contributed by atoms with E-state index in [2.05, 4.69) is 30.5 Å². The van der Waals surface area contributed by atoms with Crippen molar-refractivity contribution in [2.45, 2.75) is 24.3 Å². The number of carbonyl (C=O) groups is 1. The lowest BCUT2D eigenvalue weighted by molar-refractivity contribution is -0.144. The van der Waals surface area contributed by atoms with Crippen LogP contribution in [0.25, 0.3) is 0 Å². The van der Waals surface area contributed by atoms with Gasteiger partial charge in [0.25, 0.3) is 0 Å². The minimum atomic E-state index is -0.148. The van der Waals surface area contributed by atoms with E-state index in [9.17, 15) is 4.79 Å². The van der Waals surface area contributed by atoms with Gasteiger partial charge in [-0.15, -0.1) is 11.8 Å². The highest BCUT2D eigenvalue weighted by Crippen LogP contribution is 2.25. The quantitative estimate of drug-likeness (QED) is 0.585. The molecule has 0 aliphatic rings. The summed E-state index contributed by atoms with van der Waals surface area (Å²) >= 11 is 1.71. The first-order chi connectivity index (χ1) is 8.58. The van der Waals surface area contributed by atoms with Crippen LogP contribution in [0.4, 0.5) is 0 Å². The van der Waals surface area contributed by atoms with Gasteiger partial charge in [0.2, 0.25) is 0 Å². The SMILES string of the molecule is CCOC(=O)CC(c1ccc(SC)cc1)N(C)C. The summed E-state index contributed by atoms with van der Waals surface area (Å²) in [7, 11) is 3.96. The van der Waals surface area contributed by atoms with Crippen LogP contribution in [0.3, 0.4) is 0 Å². The zero-order valence-corrected chi connectivity index (χ0v) is 12.3. The molecule has 100 valence electrons. The van der Waals surface area contributed by atoms with Crippen molar-refractivity contribution < 1.29 is 9.53 Å². The molecule has 0 spiro atoms. The summed E-state index contributed by atoms with van der Waals surface area (Å²) in [6, 6.07) is 8.40. The summed E-state index contributed by atoms with van der Waals surface area (Å²) in [6.07, 6.45) is 2.44. The van der Waals surface area contributed by atoms with Gasteiger partial charge in [0.05, 0.1) is 13.0 Å². The van der Waals surface area contributed by atoms with Crippen molar-refractivity contribution in [3.63, 3.8) is 0 Å². The Hall–Kier alpha value is -1.00. The predicted octanol–water partition coefficient (Wildman–Crippen LogP) is 2.96. The number of benzene rings is 1. The molecule has 0 heterocycles. The molecular weight excluding hydrogens is 246 g/mol. The van der Waals surface area contributed by atoms with E-state index in [1.807, 2.05) is 25.9 Å². The molecule has 0 aliphatic carbocycles. The van der Waals surface area contributed by atoms with Crippen molar-refractivity contribution in [2.75, 3.05) is 27.0 Å². The van der Waals surface area contributed by atoms with Crippen molar-refractivity contribution >= 4 is 17.7 Å². The van der Waals surface area contributed by atoms with Gasteiger partial charge in [-0.2, -0.15) is 0 Å². The van der Waals surface area contributed by atoms with Gasteiger partial charge >= 0.3 is 5.97 Å². The number of thioether (sulfide) groups is 1. The maximum Gasteiger partial charge on any atom is 0.307 e. The van der Waals surface area contributed by atoms with Crippen LogP contribution in [0.15, 0.2) is 29.2 Å².